The molecule has 0 radical (unpaired) electrons. The largest absolute Gasteiger partial charge is 0.364 e. The highest BCUT2D eigenvalue weighted by Crippen LogP contribution is 2.41. The number of nitrogens with zero attached hydrogens (tertiary/aromatic N) is 1. The minimum absolute atomic E-state index is 0.477. The zero-order chi connectivity index (χ0) is 23.3. The Balaban J connectivity index is 2.27. The summed E-state index contributed by atoms with van der Waals surface area (Å²) in [6.45, 7) is -0.657. The van der Waals surface area contributed by atoms with Crippen LogP contribution in [0.3, 0.4) is 0 Å². The Bertz CT molecular complexity index is 955. The first-order chi connectivity index (χ1) is 14.5. The summed E-state index contributed by atoms with van der Waals surface area (Å²) in [6.07, 6.45) is -4.00. The first kappa shape index (κ1) is 24.5. The number of urea groups is 1. The second-order valence-corrected chi connectivity index (χ2v) is 7.00. The summed E-state index contributed by atoms with van der Waals surface area (Å²) in [4.78, 5) is 24.4. The number of anilines is 1. The normalized spacial score (nSPS) is 11.5. The lowest BCUT2D eigenvalue weighted by molar-refractivity contribution is -0.0563. The van der Waals surface area contributed by atoms with E-state index in [2.05, 4.69) is 0 Å². The van der Waals surface area contributed by atoms with Crippen LogP contribution < -0.4 is 10.2 Å². The maximum atomic E-state index is 14.4. The number of halogens is 7. The fourth-order valence-corrected chi connectivity index (χ4v) is 2.98. The van der Waals surface area contributed by atoms with E-state index in [4.69, 9.17) is 4.74 Å². The molecule has 2 aromatic carbocycles. The molecule has 0 bridgehead atoms. The number of imide groups is 1. The zero-order valence-corrected chi connectivity index (χ0v) is 16.3. The Morgan fingerprint density at radius 1 is 1.10 bits per heavy atom. The SMILES string of the molecule is COCN(C(=O)NC(=O)c1c(F)cccc1F)c1ccc(SC(F)(F)C(F)F)cc1F. The predicted octanol–water partition coefficient (Wildman–Crippen LogP) is 5.01. The van der Waals surface area contributed by atoms with Crippen molar-refractivity contribution in [2.24, 2.45) is 0 Å². The third-order valence-corrected chi connectivity index (χ3v) is 4.57. The van der Waals surface area contributed by atoms with E-state index in [0.29, 0.717) is 11.0 Å². The van der Waals surface area contributed by atoms with Crippen molar-refractivity contribution in [3.05, 3.63) is 59.4 Å². The van der Waals surface area contributed by atoms with Crippen molar-refractivity contribution in [3.63, 3.8) is 0 Å². The fraction of sp³-hybridized carbons (Fsp3) is 0.222. The quantitative estimate of drug-likeness (QED) is 0.351. The highest BCUT2D eigenvalue weighted by molar-refractivity contribution is 8.00. The molecule has 0 aliphatic carbocycles. The number of carbonyl (C=O) groups is 2. The summed E-state index contributed by atoms with van der Waals surface area (Å²) in [5, 5.41) is -2.83. The van der Waals surface area contributed by atoms with Gasteiger partial charge in [0.25, 0.3) is 5.91 Å². The fourth-order valence-electron chi connectivity index (χ4n) is 2.28. The highest BCUT2D eigenvalue weighted by atomic mass is 32.2. The molecule has 2 rings (SSSR count). The number of rotatable bonds is 7. The second kappa shape index (κ2) is 10.0. The predicted molar refractivity (Wildman–Crippen MR) is 96.8 cm³/mol. The van der Waals surface area contributed by atoms with Gasteiger partial charge in [0.15, 0.2) is 0 Å². The molecule has 0 heterocycles. The second-order valence-electron chi connectivity index (χ2n) is 5.78. The van der Waals surface area contributed by atoms with Gasteiger partial charge in [0.2, 0.25) is 0 Å². The molecular formula is C18H13F7N2O3S. The van der Waals surface area contributed by atoms with Gasteiger partial charge in [0.1, 0.15) is 29.7 Å². The third-order valence-electron chi connectivity index (χ3n) is 3.63. The van der Waals surface area contributed by atoms with Crippen LogP contribution in [-0.4, -0.2) is 37.5 Å². The standard InChI is InChI=1S/C18H13F7N2O3S/c1-30-8-27(17(29)26-15(28)14-10(19)3-2-4-11(14)20)13-6-5-9(7-12(13)21)31-18(24,25)16(22)23/h2-7,16H,8H2,1H3,(H,26,28,29). The molecule has 3 amide bonds. The van der Waals surface area contributed by atoms with Crippen molar-refractivity contribution in [3.8, 4) is 0 Å². The van der Waals surface area contributed by atoms with Crippen molar-refractivity contribution in [1.82, 2.24) is 5.32 Å². The molecule has 0 saturated carbocycles. The van der Waals surface area contributed by atoms with Crippen LogP contribution in [0.15, 0.2) is 41.3 Å². The van der Waals surface area contributed by atoms with E-state index in [-0.39, 0.29) is 0 Å². The molecule has 1 N–H and O–H groups in total. The molecule has 0 aromatic heterocycles. The van der Waals surface area contributed by atoms with Crippen LogP contribution in [0.1, 0.15) is 10.4 Å². The molecule has 0 atom stereocenters. The van der Waals surface area contributed by atoms with Gasteiger partial charge in [-0.3, -0.25) is 15.0 Å². The highest BCUT2D eigenvalue weighted by Gasteiger charge is 2.42. The molecule has 2 aromatic rings. The Hall–Kier alpha value is -2.80. The van der Waals surface area contributed by atoms with Crippen LogP contribution in [0.25, 0.3) is 0 Å². The van der Waals surface area contributed by atoms with Gasteiger partial charge in [0, 0.05) is 12.0 Å². The summed E-state index contributed by atoms with van der Waals surface area (Å²) >= 11 is -0.590. The number of alkyl halides is 4. The van der Waals surface area contributed by atoms with Crippen molar-refractivity contribution >= 4 is 29.4 Å². The van der Waals surface area contributed by atoms with E-state index >= 15 is 0 Å². The van der Waals surface area contributed by atoms with Gasteiger partial charge in [-0.2, -0.15) is 8.78 Å². The van der Waals surface area contributed by atoms with E-state index in [0.717, 1.165) is 37.4 Å². The molecule has 0 fully saturated rings. The number of benzene rings is 2. The summed E-state index contributed by atoms with van der Waals surface area (Å²) in [5.41, 5.74) is -1.64. The number of thioether (sulfide) groups is 1. The smallest absolute Gasteiger partial charge is 0.357 e. The van der Waals surface area contributed by atoms with E-state index in [1.807, 2.05) is 0 Å². The van der Waals surface area contributed by atoms with Crippen LogP contribution in [-0.2, 0) is 4.74 Å². The van der Waals surface area contributed by atoms with E-state index in [1.165, 1.54) is 0 Å². The maximum Gasteiger partial charge on any atom is 0.357 e. The van der Waals surface area contributed by atoms with Crippen LogP contribution in [0.4, 0.5) is 41.2 Å². The monoisotopic (exact) mass is 470 g/mol. The Kier molecular flexibility index (Phi) is 7.90. The molecule has 5 nitrogen and oxygen atoms in total. The summed E-state index contributed by atoms with van der Waals surface area (Å²) in [6, 6.07) is 3.32. The molecule has 0 aliphatic heterocycles. The number of hydrogen-bond acceptors (Lipinski definition) is 4. The lowest BCUT2D eigenvalue weighted by atomic mass is 10.2. The van der Waals surface area contributed by atoms with Gasteiger partial charge < -0.3 is 4.74 Å². The average molecular weight is 470 g/mol. The van der Waals surface area contributed by atoms with Crippen molar-refractivity contribution in [1.29, 1.82) is 0 Å². The number of amides is 3. The Morgan fingerprint density at radius 2 is 1.71 bits per heavy atom. The Labute approximate surface area is 175 Å². The number of nitrogens with one attached hydrogen (secondary N) is 1. The summed E-state index contributed by atoms with van der Waals surface area (Å²) < 4.78 is 97.4. The molecule has 0 spiro atoms. The molecule has 13 heteroatoms. The first-order valence-corrected chi connectivity index (χ1v) is 9.00. The van der Waals surface area contributed by atoms with Crippen molar-refractivity contribution in [2.45, 2.75) is 16.6 Å². The van der Waals surface area contributed by atoms with Crippen LogP contribution in [0, 0.1) is 17.5 Å². The molecule has 0 saturated heterocycles. The van der Waals surface area contributed by atoms with Gasteiger partial charge in [-0.05, 0) is 42.1 Å². The van der Waals surface area contributed by atoms with E-state index in [9.17, 15) is 40.3 Å². The third kappa shape index (κ3) is 5.88. The van der Waals surface area contributed by atoms with Gasteiger partial charge in [-0.25, -0.2) is 26.7 Å². The van der Waals surface area contributed by atoms with Gasteiger partial charge in [-0.1, -0.05) is 6.07 Å². The van der Waals surface area contributed by atoms with Crippen molar-refractivity contribution < 1.29 is 45.1 Å². The molecule has 168 valence electrons. The molecular weight excluding hydrogens is 457 g/mol. The molecule has 0 unspecified atom stereocenters. The molecule has 0 aliphatic rings. The minimum Gasteiger partial charge on any atom is -0.364 e. The van der Waals surface area contributed by atoms with Crippen LogP contribution in [0.2, 0.25) is 0 Å². The van der Waals surface area contributed by atoms with Crippen LogP contribution >= 0.6 is 11.8 Å². The first-order valence-electron chi connectivity index (χ1n) is 8.18. The number of ether oxygens (including phenoxy) is 1. The lowest BCUT2D eigenvalue weighted by Crippen LogP contribution is -2.44. The van der Waals surface area contributed by atoms with Crippen LogP contribution in [0.5, 0.6) is 0 Å². The Morgan fingerprint density at radius 3 is 2.23 bits per heavy atom. The number of hydrogen-bond donors (Lipinski definition) is 1. The number of carbonyl (C=O) groups excluding carboxylic acids is 2. The van der Waals surface area contributed by atoms with E-state index < -0.39 is 75.7 Å². The van der Waals surface area contributed by atoms with Crippen molar-refractivity contribution in [2.75, 3.05) is 18.7 Å². The van der Waals surface area contributed by atoms with Gasteiger partial charge in [-0.15, -0.1) is 0 Å². The average Bonchev–Trinajstić information content (AvgIpc) is 2.66. The summed E-state index contributed by atoms with van der Waals surface area (Å²) in [7, 11) is 1.10. The van der Waals surface area contributed by atoms with Gasteiger partial charge >= 0.3 is 17.7 Å². The molecule has 31 heavy (non-hydrogen) atoms. The van der Waals surface area contributed by atoms with E-state index in [1.54, 1.807) is 5.32 Å². The minimum atomic E-state index is -4.48. The topological polar surface area (TPSA) is 58.6 Å². The summed E-state index contributed by atoms with van der Waals surface area (Å²) in [5.74, 6) is -5.26. The maximum absolute atomic E-state index is 14.4. The zero-order valence-electron chi connectivity index (χ0n) is 15.5. The number of methoxy groups -OCH3 is 1. The van der Waals surface area contributed by atoms with Gasteiger partial charge in [0.05, 0.1) is 5.69 Å². The lowest BCUT2D eigenvalue weighted by Gasteiger charge is -2.23.